The lowest BCUT2D eigenvalue weighted by Gasteiger charge is -2.12. The van der Waals surface area contributed by atoms with Gasteiger partial charge in [0.2, 0.25) is 0 Å². The Hall–Kier alpha value is -3.80. The lowest BCUT2D eigenvalue weighted by molar-refractivity contribution is 0.0950. The van der Waals surface area contributed by atoms with Crippen molar-refractivity contribution in [2.24, 2.45) is 0 Å². The molecule has 0 unspecified atom stereocenters. The summed E-state index contributed by atoms with van der Waals surface area (Å²) in [6, 6.07) is 17.4. The molecule has 31 heavy (non-hydrogen) atoms. The molecule has 0 radical (unpaired) electrons. The van der Waals surface area contributed by atoms with E-state index in [9.17, 15) is 13.6 Å². The molecule has 4 rings (SSSR count). The van der Waals surface area contributed by atoms with Crippen molar-refractivity contribution in [1.29, 1.82) is 0 Å². The number of pyridine rings is 1. The Morgan fingerprint density at radius 1 is 0.968 bits per heavy atom. The van der Waals surface area contributed by atoms with E-state index >= 15 is 0 Å². The Bertz CT molecular complexity index is 1260. The highest BCUT2D eigenvalue weighted by atomic mass is 19.1. The van der Waals surface area contributed by atoms with E-state index in [-0.39, 0.29) is 23.7 Å². The second-order valence-corrected chi connectivity index (χ2v) is 7.07. The molecule has 3 aromatic carbocycles. The molecular formula is C25H20F2N2O2. The maximum absolute atomic E-state index is 14.4. The first kappa shape index (κ1) is 20.5. The van der Waals surface area contributed by atoms with Gasteiger partial charge in [-0.15, -0.1) is 0 Å². The SMILES string of the molecule is CCc1ccc2c(Oc3cc(C(=O)NCc4cccc(F)c4)ccc3F)ccnc2c1. The monoisotopic (exact) mass is 418 g/mol. The van der Waals surface area contributed by atoms with E-state index < -0.39 is 11.7 Å². The predicted octanol–water partition coefficient (Wildman–Crippen LogP) is 5.80. The summed E-state index contributed by atoms with van der Waals surface area (Å²) in [6.07, 6.45) is 2.48. The third kappa shape index (κ3) is 4.69. The van der Waals surface area contributed by atoms with Crippen LogP contribution in [0.5, 0.6) is 11.5 Å². The third-order valence-corrected chi connectivity index (χ3v) is 4.93. The van der Waals surface area contributed by atoms with Crippen molar-refractivity contribution in [3.63, 3.8) is 0 Å². The van der Waals surface area contributed by atoms with Crippen LogP contribution >= 0.6 is 0 Å². The zero-order chi connectivity index (χ0) is 21.8. The average Bonchev–Trinajstić information content (AvgIpc) is 2.78. The molecule has 156 valence electrons. The number of aryl methyl sites for hydroxylation is 1. The van der Waals surface area contributed by atoms with Crippen LogP contribution in [0.2, 0.25) is 0 Å². The van der Waals surface area contributed by atoms with Crippen LogP contribution in [0.15, 0.2) is 72.9 Å². The molecule has 0 atom stereocenters. The Labute approximate surface area is 178 Å². The summed E-state index contributed by atoms with van der Waals surface area (Å²) < 4.78 is 33.5. The van der Waals surface area contributed by atoms with Crippen LogP contribution < -0.4 is 10.1 Å². The molecular weight excluding hydrogens is 398 g/mol. The van der Waals surface area contributed by atoms with Crippen LogP contribution in [0.3, 0.4) is 0 Å². The van der Waals surface area contributed by atoms with Gasteiger partial charge in [-0.2, -0.15) is 0 Å². The minimum Gasteiger partial charge on any atom is -0.453 e. The van der Waals surface area contributed by atoms with E-state index in [2.05, 4.69) is 17.2 Å². The van der Waals surface area contributed by atoms with Gasteiger partial charge in [-0.3, -0.25) is 9.78 Å². The van der Waals surface area contributed by atoms with Gasteiger partial charge in [-0.25, -0.2) is 8.78 Å². The third-order valence-electron chi connectivity index (χ3n) is 4.93. The standard InChI is InChI=1S/C25H20F2N2O2/c1-2-16-6-8-20-22(13-16)28-11-10-23(20)31-24-14-18(7-9-21(24)27)25(30)29-15-17-4-3-5-19(26)12-17/h3-14H,2,15H2,1H3,(H,29,30). The molecule has 4 nitrogen and oxygen atoms in total. The van der Waals surface area contributed by atoms with Crippen LogP contribution in [-0.4, -0.2) is 10.9 Å². The summed E-state index contributed by atoms with van der Waals surface area (Å²) in [6.45, 7) is 2.21. The van der Waals surface area contributed by atoms with Gasteiger partial charge in [0.1, 0.15) is 11.6 Å². The summed E-state index contributed by atoms with van der Waals surface area (Å²) in [4.78, 5) is 16.9. The lowest BCUT2D eigenvalue weighted by atomic mass is 10.1. The molecule has 0 saturated carbocycles. The molecule has 1 heterocycles. The number of carbonyl (C=O) groups is 1. The van der Waals surface area contributed by atoms with Gasteiger partial charge in [0.25, 0.3) is 5.91 Å². The highest BCUT2D eigenvalue weighted by Crippen LogP contribution is 2.31. The van der Waals surface area contributed by atoms with Gasteiger partial charge in [-0.1, -0.05) is 25.1 Å². The molecule has 0 saturated heterocycles. The highest BCUT2D eigenvalue weighted by molar-refractivity contribution is 5.94. The van der Waals surface area contributed by atoms with Crippen LogP contribution in [-0.2, 0) is 13.0 Å². The number of halogens is 2. The number of rotatable bonds is 6. The number of amides is 1. The van der Waals surface area contributed by atoms with Gasteiger partial charge < -0.3 is 10.1 Å². The Morgan fingerprint density at radius 3 is 2.65 bits per heavy atom. The van der Waals surface area contributed by atoms with Crippen molar-refractivity contribution < 1.29 is 18.3 Å². The summed E-state index contributed by atoms with van der Waals surface area (Å²) in [5.74, 6) is -0.993. The number of nitrogens with zero attached hydrogens (tertiary/aromatic N) is 1. The quantitative estimate of drug-likeness (QED) is 0.431. The summed E-state index contributed by atoms with van der Waals surface area (Å²) in [7, 11) is 0. The van der Waals surface area contributed by atoms with Crippen molar-refractivity contribution in [1.82, 2.24) is 10.3 Å². The smallest absolute Gasteiger partial charge is 0.251 e. The second-order valence-electron chi connectivity index (χ2n) is 7.07. The molecule has 6 heteroatoms. The van der Waals surface area contributed by atoms with Crippen molar-refractivity contribution in [3.05, 3.63) is 101 Å². The molecule has 0 fully saturated rings. The molecule has 0 aliphatic heterocycles. The van der Waals surface area contributed by atoms with Crippen LogP contribution in [0.25, 0.3) is 10.9 Å². The molecule has 0 aliphatic rings. The molecule has 1 N–H and O–H groups in total. The van der Waals surface area contributed by atoms with Crippen molar-refractivity contribution in [2.75, 3.05) is 0 Å². The first-order valence-corrected chi connectivity index (χ1v) is 9.91. The Morgan fingerprint density at radius 2 is 1.84 bits per heavy atom. The molecule has 0 aliphatic carbocycles. The number of carbonyl (C=O) groups excluding carboxylic acids is 1. The first-order chi connectivity index (χ1) is 15.0. The van der Waals surface area contributed by atoms with Crippen LogP contribution in [0, 0.1) is 11.6 Å². The van der Waals surface area contributed by atoms with Crippen LogP contribution in [0.4, 0.5) is 8.78 Å². The molecule has 0 spiro atoms. The number of aromatic nitrogens is 1. The maximum Gasteiger partial charge on any atom is 0.251 e. The molecule has 1 amide bonds. The zero-order valence-electron chi connectivity index (χ0n) is 16.9. The fourth-order valence-corrected chi connectivity index (χ4v) is 3.25. The average molecular weight is 418 g/mol. The van der Waals surface area contributed by atoms with E-state index in [0.29, 0.717) is 11.3 Å². The summed E-state index contributed by atoms with van der Waals surface area (Å²) >= 11 is 0. The second kappa shape index (κ2) is 8.92. The minimum absolute atomic E-state index is 0.0644. The number of fused-ring (bicyclic) bond motifs is 1. The fourth-order valence-electron chi connectivity index (χ4n) is 3.25. The van der Waals surface area contributed by atoms with Crippen molar-refractivity contribution >= 4 is 16.8 Å². The van der Waals surface area contributed by atoms with E-state index in [0.717, 1.165) is 22.9 Å². The molecule has 0 bridgehead atoms. The lowest BCUT2D eigenvalue weighted by Crippen LogP contribution is -2.22. The predicted molar refractivity (Wildman–Crippen MR) is 115 cm³/mol. The summed E-state index contributed by atoms with van der Waals surface area (Å²) in [5, 5.41) is 3.45. The topological polar surface area (TPSA) is 51.2 Å². The van der Waals surface area contributed by atoms with Gasteiger partial charge in [0, 0.05) is 23.7 Å². The van der Waals surface area contributed by atoms with E-state index in [1.54, 1.807) is 24.4 Å². The van der Waals surface area contributed by atoms with E-state index in [4.69, 9.17) is 4.74 Å². The minimum atomic E-state index is -0.586. The Kier molecular flexibility index (Phi) is 5.89. The first-order valence-electron chi connectivity index (χ1n) is 9.91. The normalized spacial score (nSPS) is 10.8. The number of benzene rings is 3. The van der Waals surface area contributed by atoms with Gasteiger partial charge in [-0.05, 0) is 66.1 Å². The van der Waals surface area contributed by atoms with Gasteiger partial charge >= 0.3 is 0 Å². The number of hydrogen-bond acceptors (Lipinski definition) is 3. The van der Waals surface area contributed by atoms with Crippen molar-refractivity contribution in [3.8, 4) is 11.5 Å². The summed E-state index contributed by atoms with van der Waals surface area (Å²) in [5.41, 5.74) is 2.75. The van der Waals surface area contributed by atoms with Gasteiger partial charge in [0.05, 0.1) is 5.52 Å². The maximum atomic E-state index is 14.4. The van der Waals surface area contributed by atoms with Crippen molar-refractivity contribution in [2.45, 2.75) is 19.9 Å². The fraction of sp³-hybridized carbons (Fsp3) is 0.120. The molecule has 1 aromatic heterocycles. The highest BCUT2D eigenvalue weighted by Gasteiger charge is 2.13. The largest absolute Gasteiger partial charge is 0.453 e. The number of ether oxygens (including phenoxy) is 1. The van der Waals surface area contributed by atoms with E-state index in [1.807, 2.05) is 18.2 Å². The number of hydrogen-bond donors (Lipinski definition) is 1. The van der Waals surface area contributed by atoms with Gasteiger partial charge in [0.15, 0.2) is 11.6 Å². The number of nitrogens with one attached hydrogen (secondary N) is 1. The Balaban J connectivity index is 1.55. The zero-order valence-corrected chi connectivity index (χ0v) is 16.9. The van der Waals surface area contributed by atoms with E-state index in [1.165, 1.54) is 30.3 Å². The molecule has 4 aromatic rings. The van der Waals surface area contributed by atoms with Crippen LogP contribution in [0.1, 0.15) is 28.4 Å².